The van der Waals surface area contributed by atoms with Crippen molar-refractivity contribution < 1.29 is 24.5 Å². The van der Waals surface area contributed by atoms with Gasteiger partial charge in [0.1, 0.15) is 6.10 Å². The van der Waals surface area contributed by atoms with Crippen molar-refractivity contribution in [1.29, 1.82) is 0 Å². The normalized spacial score (nSPS) is 14.2. The predicted octanol–water partition coefficient (Wildman–Crippen LogP) is 14.2. The van der Waals surface area contributed by atoms with Crippen molar-refractivity contribution in [2.24, 2.45) is 0 Å². The standard InChI is InChI=1S/C53H89NO5/c1-4-7-10-13-16-19-22-24-25-26-28-31-34-37-40-43-46-53(58)59-49(44-41-38-35-32-29-21-18-15-12-9-6-3)47-52(57)54-50(48-55)51(56)45-42-39-36-33-30-27-23-20-17-14-11-8-5-2/h7,9-10,12,15-16,18-19,21,24-25,28-29,31-32,35,49-51,55-56H,4-6,8,11,13-14,17,20,22-23,26-27,30,33-34,36-48H2,1-3H3,(H,54,57)/b10-7+,12-9+,18-15+,19-16+,25-24+,29-21-,31-28+,35-32-. The predicted molar refractivity (Wildman–Crippen MR) is 254 cm³/mol. The number of hydrogen-bond acceptors (Lipinski definition) is 5. The second-order valence-electron chi connectivity index (χ2n) is 15.8. The molecule has 0 rings (SSSR count). The highest BCUT2D eigenvalue weighted by Crippen LogP contribution is 2.16. The number of carbonyl (C=O) groups excluding carboxylic acids is 2. The second-order valence-corrected chi connectivity index (χ2v) is 15.8. The summed E-state index contributed by atoms with van der Waals surface area (Å²) in [4.78, 5) is 26.0. The Morgan fingerprint density at radius 2 is 1.02 bits per heavy atom. The van der Waals surface area contributed by atoms with Crippen LogP contribution in [0.5, 0.6) is 0 Å². The van der Waals surface area contributed by atoms with Crippen molar-refractivity contribution in [3.05, 3.63) is 97.2 Å². The maximum absolute atomic E-state index is 13.1. The zero-order chi connectivity index (χ0) is 43.1. The van der Waals surface area contributed by atoms with E-state index in [-0.39, 0.29) is 24.9 Å². The molecule has 3 atom stereocenters. The molecule has 0 aromatic heterocycles. The maximum Gasteiger partial charge on any atom is 0.306 e. The Labute approximate surface area is 363 Å². The Kier molecular flexibility index (Phi) is 43.4. The number of unbranched alkanes of at least 4 members (excludes halogenated alkanes) is 16. The molecule has 0 bridgehead atoms. The zero-order valence-corrected chi connectivity index (χ0v) is 38.1. The smallest absolute Gasteiger partial charge is 0.306 e. The van der Waals surface area contributed by atoms with E-state index in [1.807, 2.05) is 36.5 Å². The van der Waals surface area contributed by atoms with Gasteiger partial charge in [-0.1, -0.05) is 208 Å². The number of esters is 1. The first kappa shape index (κ1) is 55.8. The second kappa shape index (κ2) is 45.9. The quantitative estimate of drug-likeness (QED) is 0.0247. The molecule has 0 aliphatic heterocycles. The molecular formula is C53H89NO5. The lowest BCUT2D eigenvalue weighted by Gasteiger charge is -2.24. The van der Waals surface area contributed by atoms with Gasteiger partial charge in [-0.2, -0.15) is 0 Å². The van der Waals surface area contributed by atoms with Crippen molar-refractivity contribution >= 4 is 11.9 Å². The number of allylic oxidation sites excluding steroid dienone is 16. The van der Waals surface area contributed by atoms with Crippen LogP contribution >= 0.6 is 0 Å². The molecule has 6 nitrogen and oxygen atoms in total. The number of carbonyl (C=O) groups is 2. The molecule has 0 saturated heterocycles. The van der Waals surface area contributed by atoms with Gasteiger partial charge in [0.15, 0.2) is 0 Å². The van der Waals surface area contributed by atoms with Crippen molar-refractivity contribution in [2.75, 3.05) is 6.61 Å². The third-order valence-corrected chi connectivity index (χ3v) is 10.3. The van der Waals surface area contributed by atoms with Crippen molar-refractivity contribution in [3.8, 4) is 0 Å². The van der Waals surface area contributed by atoms with Gasteiger partial charge in [0.05, 0.1) is 25.2 Å². The van der Waals surface area contributed by atoms with Crippen LogP contribution in [0.2, 0.25) is 0 Å². The number of ether oxygens (including phenoxy) is 1. The lowest BCUT2D eigenvalue weighted by Crippen LogP contribution is -2.46. The monoisotopic (exact) mass is 820 g/mol. The van der Waals surface area contributed by atoms with E-state index in [1.54, 1.807) is 0 Å². The molecule has 336 valence electrons. The van der Waals surface area contributed by atoms with E-state index in [2.05, 4.69) is 86.8 Å². The van der Waals surface area contributed by atoms with Crippen LogP contribution in [-0.2, 0) is 14.3 Å². The third kappa shape index (κ3) is 41.3. The number of rotatable bonds is 41. The van der Waals surface area contributed by atoms with Crippen LogP contribution in [0, 0.1) is 0 Å². The van der Waals surface area contributed by atoms with Crippen LogP contribution in [-0.4, -0.2) is 46.9 Å². The van der Waals surface area contributed by atoms with Gasteiger partial charge in [-0.3, -0.25) is 9.59 Å². The summed E-state index contributed by atoms with van der Waals surface area (Å²) in [6.45, 7) is 6.18. The summed E-state index contributed by atoms with van der Waals surface area (Å²) in [5.74, 6) is -0.589. The maximum atomic E-state index is 13.1. The fraction of sp³-hybridized carbons (Fsp3) is 0.660. The van der Waals surface area contributed by atoms with Crippen LogP contribution in [0.25, 0.3) is 0 Å². The van der Waals surface area contributed by atoms with E-state index in [0.717, 1.165) is 89.9 Å². The van der Waals surface area contributed by atoms with Gasteiger partial charge in [0, 0.05) is 6.42 Å². The van der Waals surface area contributed by atoms with Crippen LogP contribution in [0.15, 0.2) is 97.2 Å². The Morgan fingerprint density at radius 3 is 1.59 bits per heavy atom. The first-order chi connectivity index (χ1) is 29.0. The minimum atomic E-state index is -0.815. The van der Waals surface area contributed by atoms with Gasteiger partial charge in [-0.05, 0) is 77.0 Å². The SMILES string of the molecule is CC/C=C/C=C/C=C\C=C/CCCC(CC(=O)NC(CO)C(O)CCCCCCCCCCCCCCC)OC(=O)CCCCC/C=C/C/C=C/C/C=C/C/C=C/CC. The molecular weight excluding hydrogens is 731 g/mol. The summed E-state index contributed by atoms with van der Waals surface area (Å²) >= 11 is 0. The molecule has 0 aromatic carbocycles. The molecule has 0 aliphatic carbocycles. The molecule has 0 saturated carbocycles. The highest BCUT2D eigenvalue weighted by molar-refractivity contribution is 5.77. The van der Waals surface area contributed by atoms with Gasteiger partial charge in [0.25, 0.3) is 0 Å². The summed E-state index contributed by atoms with van der Waals surface area (Å²) < 4.78 is 5.86. The fourth-order valence-electron chi connectivity index (χ4n) is 6.67. The Balaban J connectivity index is 4.70. The molecule has 0 spiro atoms. The summed E-state index contributed by atoms with van der Waals surface area (Å²) in [7, 11) is 0. The molecule has 6 heteroatoms. The molecule has 0 aromatic rings. The molecule has 0 heterocycles. The van der Waals surface area contributed by atoms with E-state index in [4.69, 9.17) is 4.74 Å². The number of aliphatic hydroxyl groups is 2. The number of amides is 1. The molecule has 59 heavy (non-hydrogen) atoms. The average molecular weight is 820 g/mol. The van der Waals surface area contributed by atoms with Gasteiger partial charge >= 0.3 is 5.97 Å². The summed E-state index contributed by atoms with van der Waals surface area (Å²) in [6.07, 6.45) is 60.4. The summed E-state index contributed by atoms with van der Waals surface area (Å²) in [5.41, 5.74) is 0. The third-order valence-electron chi connectivity index (χ3n) is 10.3. The average Bonchev–Trinajstić information content (AvgIpc) is 3.23. The Morgan fingerprint density at radius 1 is 0.525 bits per heavy atom. The van der Waals surface area contributed by atoms with E-state index in [0.29, 0.717) is 19.3 Å². The Bertz CT molecular complexity index is 1190. The van der Waals surface area contributed by atoms with E-state index < -0.39 is 18.2 Å². The topological polar surface area (TPSA) is 95.9 Å². The minimum absolute atomic E-state index is 0.0131. The molecule has 1 amide bonds. The lowest BCUT2D eigenvalue weighted by atomic mass is 10.0. The largest absolute Gasteiger partial charge is 0.462 e. The zero-order valence-electron chi connectivity index (χ0n) is 38.1. The first-order valence-electron chi connectivity index (χ1n) is 24.0. The van der Waals surface area contributed by atoms with Gasteiger partial charge in [0.2, 0.25) is 5.91 Å². The van der Waals surface area contributed by atoms with Crippen molar-refractivity contribution in [2.45, 2.75) is 219 Å². The van der Waals surface area contributed by atoms with Crippen LogP contribution in [0.1, 0.15) is 201 Å². The van der Waals surface area contributed by atoms with Crippen LogP contribution in [0.4, 0.5) is 0 Å². The molecule has 0 radical (unpaired) electrons. The van der Waals surface area contributed by atoms with E-state index in [9.17, 15) is 19.8 Å². The number of aliphatic hydroxyl groups excluding tert-OH is 2. The minimum Gasteiger partial charge on any atom is -0.462 e. The Hall–Kier alpha value is -3.22. The summed E-state index contributed by atoms with van der Waals surface area (Å²) in [6, 6.07) is -0.734. The van der Waals surface area contributed by atoms with Gasteiger partial charge < -0.3 is 20.3 Å². The van der Waals surface area contributed by atoms with Crippen molar-refractivity contribution in [3.63, 3.8) is 0 Å². The first-order valence-corrected chi connectivity index (χ1v) is 24.0. The summed E-state index contributed by atoms with van der Waals surface area (Å²) in [5, 5.41) is 23.7. The molecule has 3 N–H and O–H groups in total. The van der Waals surface area contributed by atoms with E-state index in [1.165, 1.54) is 64.2 Å². The van der Waals surface area contributed by atoms with E-state index >= 15 is 0 Å². The van der Waals surface area contributed by atoms with Gasteiger partial charge in [-0.15, -0.1) is 0 Å². The van der Waals surface area contributed by atoms with Gasteiger partial charge in [-0.25, -0.2) is 0 Å². The van der Waals surface area contributed by atoms with Crippen LogP contribution in [0.3, 0.4) is 0 Å². The molecule has 3 unspecified atom stereocenters. The van der Waals surface area contributed by atoms with Crippen molar-refractivity contribution in [1.82, 2.24) is 5.32 Å². The van der Waals surface area contributed by atoms with Crippen LogP contribution < -0.4 is 5.32 Å². The highest BCUT2D eigenvalue weighted by Gasteiger charge is 2.24. The lowest BCUT2D eigenvalue weighted by molar-refractivity contribution is -0.151. The highest BCUT2D eigenvalue weighted by atomic mass is 16.5. The number of hydrogen-bond donors (Lipinski definition) is 3. The fourth-order valence-corrected chi connectivity index (χ4v) is 6.67. The number of nitrogens with one attached hydrogen (secondary N) is 1. The molecule has 0 fully saturated rings. The molecule has 0 aliphatic rings.